The van der Waals surface area contributed by atoms with Crippen molar-refractivity contribution in [3.05, 3.63) is 0 Å². The summed E-state index contributed by atoms with van der Waals surface area (Å²) in [5.41, 5.74) is 0. The Morgan fingerprint density at radius 3 is 2.25 bits per heavy atom. The van der Waals surface area contributed by atoms with Crippen molar-refractivity contribution in [2.75, 3.05) is 6.61 Å². The Bertz CT molecular complexity index is 146. The van der Waals surface area contributed by atoms with Crippen LogP contribution in [0.15, 0.2) is 0 Å². The highest BCUT2D eigenvalue weighted by Gasteiger charge is 2.40. The molecule has 5 nitrogen and oxygen atoms in total. The number of hydrogen-bond acceptors (Lipinski definition) is 5. The summed E-state index contributed by atoms with van der Waals surface area (Å²) >= 11 is 0. The minimum atomic E-state index is -1.13. The molecule has 1 rings (SSSR count). The van der Waals surface area contributed by atoms with Crippen LogP contribution in [0.3, 0.4) is 0 Å². The lowest BCUT2D eigenvalue weighted by atomic mass is 9.93. The molecule has 5 atom stereocenters. The molecule has 0 saturated carbocycles. The molecule has 0 aromatic heterocycles. The minimum Gasteiger partial charge on any atom is -0.394 e. The Kier molecular flexibility index (Phi) is 3.03. The first-order valence-electron chi connectivity index (χ1n) is 3.88. The monoisotopic (exact) mass is 178 g/mol. The van der Waals surface area contributed by atoms with Gasteiger partial charge < -0.3 is 25.2 Å². The third-order valence-electron chi connectivity index (χ3n) is 2.21. The van der Waals surface area contributed by atoms with Gasteiger partial charge in [-0.05, 0) is 0 Å². The fraction of sp³-hybridized carbons (Fsp3) is 1.00. The molecular formula is C7H14O5. The summed E-state index contributed by atoms with van der Waals surface area (Å²) in [6.45, 7) is 1.15. The van der Waals surface area contributed by atoms with Crippen molar-refractivity contribution in [3.63, 3.8) is 0 Å². The molecule has 0 aliphatic carbocycles. The van der Waals surface area contributed by atoms with Crippen LogP contribution in [0.25, 0.3) is 0 Å². The number of aliphatic hydroxyl groups is 4. The minimum absolute atomic E-state index is 0.415. The SMILES string of the molecule is CC1C(O)O[C@H](CO)[C@@H](O)C1O. The van der Waals surface area contributed by atoms with E-state index in [2.05, 4.69) is 0 Å². The summed E-state index contributed by atoms with van der Waals surface area (Å²) in [5.74, 6) is -0.539. The summed E-state index contributed by atoms with van der Waals surface area (Å²) < 4.78 is 4.83. The second-order valence-corrected chi connectivity index (χ2v) is 3.09. The zero-order chi connectivity index (χ0) is 9.30. The highest BCUT2D eigenvalue weighted by molar-refractivity contribution is 4.86. The van der Waals surface area contributed by atoms with Gasteiger partial charge in [-0.15, -0.1) is 0 Å². The Morgan fingerprint density at radius 1 is 1.17 bits per heavy atom. The normalized spacial score (nSPS) is 49.2. The Labute approximate surface area is 70.2 Å². The largest absolute Gasteiger partial charge is 0.394 e. The number of hydrogen-bond donors (Lipinski definition) is 4. The Balaban J connectivity index is 2.63. The fourth-order valence-corrected chi connectivity index (χ4v) is 1.23. The maximum atomic E-state index is 9.32. The van der Waals surface area contributed by atoms with Gasteiger partial charge >= 0.3 is 0 Å². The van der Waals surface area contributed by atoms with E-state index < -0.39 is 37.1 Å². The molecule has 4 N–H and O–H groups in total. The van der Waals surface area contributed by atoms with Crippen LogP contribution >= 0.6 is 0 Å². The zero-order valence-electron chi connectivity index (χ0n) is 6.79. The average molecular weight is 178 g/mol. The lowest BCUT2D eigenvalue weighted by molar-refractivity contribution is -0.266. The van der Waals surface area contributed by atoms with E-state index in [1.165, 1.54) is 0 Å². The van der Waals surface area contributed by atoms with E-state index in [4.69, 9.17) is 14.9 Å². The van der Waals surface area contributed by atoms with E-state index in [9.17, 15) is 10.2 Å². The summed E-state index contributed by atoms with van der Waals surface area (Å²) in [4.78, 5) is 0. The van der Waals surface area contributed by atoms with Crippen molar-refractivity contribution in [2.45, 2.75) is 31.5 Å². The third-order valence-corrected chi connectivity index (χ3v) is 2.21. The molecule has 0 spiro atoms. The van der Waals surface area contributed by atoms with Crippen LogP contribution in [-0.4, -0.2) is 51.6 Å². The van der Waals surface area contributed by atoms with Gasteiger partial charge in [-0.25, -0.2) is 0 Å². The summed E-state index contributed by atoms with van der Waals surface area (Å²) in [6.07, 6.45) is -4.20. The lowest BCUT2D eigenvalue weighted by Crippen LogP contribution is -2.54. The average Bonchev–Trinajstić information content (AvgIpc) is 2.08. The van der Waals surface area contributed by atoms with Crippen molar-refractivity contribution in [3.8, 4) is 0 Å². The van der Waals surface area contributed by atoms with Crippen molar-refractivity contribution in [1.82, 2.24) is 0 Å². The van der Waals surface area contributed by atoms with Crippen molar-refractivity contribution in [1.29, 1.82) is 0 Å². The molecule has 1 saturated heterocycles. The smallest absolute Gasteiger partial charge is 0.160 e. The molecule has 12 heavy (non-hydrogen) atoms. The molecule has 72 valence electrons. The molecule has 0 aromatic carbocycles. The van der Waals surface area contributed by atoms with Crippen LogP contribution < -0.4 is 0 Å². The quantitative estimate of drug-likeness (QED) is 0.375. The zero-order valence-corrected chi connectivity index (χ0v) is 6.79. The second-order valence-electron chi connectivity index (χ2n) is 3.09. The number of rotatable bonds is 1. The third kappa shape index (κ3) is 1.60. The van der Waals surface area contributed by atoms with E-state index in [0.717, 1.165) is 0 Å². The molecular weight excluding hydrogens is 164 g/mol. The summed E-state index contributed by atoms with van der Waals surface area (Å²) in [7, 11) is 0. The van der Waals surface area contributed by atoms with E-state index in [0.29, 0.717) is 0 Å². The van der Waals surface area contributed by atoms with Crippen LogP contribution in [0.4, 0.5) is 0 Å². The Hall–Kier alpha value is -0.200. The molecule has 3 unspecified atom stereocenters. The maximum absolute atomic E-state index is 9.32. The van der Waals surface area contributed by atoms with Gasteiger partial charge in [-0.2, -0.15) is 0 Å². The number of aliphatic hydroxyl groups excluding tert-OH is 4. The number of ether oxygens (including phenoxy) is 1. The van der Waals surface area contributed by atoms with Crippen molar-refractivity contribution in [2.24, 2.45) is 5.92 Å². The summed E-state index contributed by atoms with van der Waals surface area (Å²) in [5, 5.41) is 36.4. The summed E-state index contributed by atoms with van der Waals surface area (Å²) in [6, 6.07) is 0. The first kappa shape index (κ1) is 9.88. The molecule has 1 aliphatic rings. The molecule has 1 heterocycles. The maximum Gasteiger partial charge on any atom is 0.160 e. The molecule has 1 aliphatic heterocycles. The second kappa shape index (κ2) is 3.68. The van der Waals surface area contributed by atoms with E-state index in [1.54, 1.807) is 6.92 Å². The van der Waals surface area contributed by atoms with Gasteiger partial charge in [-0.1, -0.05) is 6.92 Å². The molecule has 0 bridgehead atoms. The van der Waals surface area contributed by atoms with Crippen LogP contribution in [0.1, 0.15) is 6.92 Å². The standard InChI is InChI=1S/C7H14O5/c1-3-5(9)6(10)4(2-8)12-7(3)11/h3-11H,2H2,1H3/t3?,4-,5?,6-,7?/m1/s1. The van der Waals surface area contributed by atoms with Gasteiger partial charge in [0.05, 0.1) is 12.7 Å². The van der Waals surface area contributed by atoms with Gasteiger partial charge in [0.2, 0.25) is 0 Å². The molecule has 0 aromatic rings. The lowest BCUT2D eigenvalue weighted by Gasteiger charge is -2.38. The fourth-order valence-electron chi connectivity index (χ4n) is 1.23. The molecule has 0 radical (unpaired) electrons. The van der Waals surface area contributed by atoms with Crippen LogP contribution in [-0.2, 0) is 4.74 Å². The highest BCUT2D eigenvalue weighted by atomic mass is 16.6. The van der Waals surface area contributed by atoms with Gasteiger partial charge in [-0.3, -0.25) is 0 Å². The Morgan fingerprint density at radius 2 is 1.75 bits per heavy atom. The van der Waals surface area contributed by atoms with E-state index in [-0.39, 0.29) is 0 Å². The van der Waals surface area contributed by atoms with Gasteiger partial charge in [0.25, 0.3) is 0 Å². The predicted molar refractivity (Wildman–Crippen MR) is 39.1 cm³/mol. The molecule has 5 heteroatoms. The van der Waals surface area contributed by atoms with E-state index >= 15 is 0 Å². The predicted octanol–water partition coefficient (Wildman–Crippen LogP) is -1.95. The first-order valence-corrected chi connectivity index (χ1v) is 3.88. The van der Waals surface area contributed by atoms with Crippen LogP contribution in [0, 0.1) is 5.92 Å². The van der Waals surface area contributed by atoms with Gasteiger partial charge in [0, 0.05) is 5.92 Å². The highest BCUT2D eigenvalue weighted by Crippen LogP contribution is 2.23. The van der Waals surface area contributed by atoms with Gasteiger partial charge in [0.15, 0.2) is 6.29 Å². The topological polar surface area (TPSA) is 90.2 Å². The first-order chi connectivity index (χ1) is 5.57. The van der Waals surface area contributed by atoms with Crippen molar-refractivity contribution >= 4 is 0 Å². The van der Waals surface area contributed by atoms with Gasteiger partial charge in [0.1, 0.15) is 12.2 Å². The van der Waals surface area contributed by atoms with Crippen LogP contribution in [0.5, 0.6) is 0 Å². The molecule has 1 fully saturated rings. The van der Waals surface area contributed by atoms with Crippen LogP contribution in [0.2, 0.25) is 0 Å². The molecule has 0 amide bonds. The van der Waals surface area contributed by atoms with Crippen molar-refractivity contribution < 1.29 is 25.2 Å². The van der Waals surface area contributed by atoms with E-state index in [1.807, 2.05) is 0 Å².